The minimum absolute atomic E-state index is 0.889. The Morgan fingerprint density at radius 3 is 2.56 bits per heavy atom. The van der Waals surface area contributed by atoms with Crippen molar-refractivity contribution in [3.8, 4) is 0 Å². The van der Waals surface area contributed by atoms with Crippen LogP contribution in [0, 0.1) is 0 Å². The largest absolute Gasteiger partial charge is 0.378 e. The molecule has 0 heterocycles. The van der Waals surface area contributed by atoms with Crippen LogP contribution in [-0.2, 0) is 0 Å². The summed E-state index contributed by atoms with van der Waals surface area (Å²) < 4.78 is 0. The summed E-state index contributed by atoms with van der Waals surface area (Å²) in [6.07, 6.45) is 4.00. The molecular formula is C7H12BrN. The highest BCUT2D eigenvalue weighted by molar-refractivity contribution is 9.09. The standard InChI is InChI=1S/C7H12BrN/c1-7(9(2)3)5-4-6-8/h4-5H,1,6H2,2-3H3/b5-4+. The molecule has 52 valence electrons. The molecule has 0 N–H and O–H groups in total. The van der Waals surface area contributed by atoms with Crippen molar-refractivity contribution < 1.29 is 0 Å². The summed E-state index contributed by atoms with van der Waals surface area (Å²) in [5, 5.41) is 0.889. The lowest BCUT2D eigenvalue weighted by atomic mass is 10.4. The van der Waals surface area contributed by atoms with Crippen molar-refractivity contribution in [2.24, 2.45) is 0 Å². The quantitative estimate of drug-likeness (QED) is 0.486. The highest BCUT2D eigenvalue weighted by Gasteiger charge is 1.85. The number of alkyl halides is 1. The monoisotopic (exact) mass is 189 g/mol. The van der Waals surface area contributed by atoms with Crippen molar-refractivity contribution in [2.75, 3.05) is 19.4 Å². The summed E-state index contributed by atoms with van der Waals surface area (Å²) in [6.45, 7) is 3.81. The number of hydrogen-bond donors (Lipinski definition) is 0. The number of likely N-dealkylation sites (N-methyl/N-ethyl adjacent to an activating group) is 1. The van der Waals surface area contributed by atoms with Crippen LogP contribution in [0.25, 0.3) is 0 Å². The van der Waals surface area contributed by atoms with E-state index in [0.717, 1.165) is 11.0 Å². The molecule has 0 aromatic rings. The molecule has 0 amide bonds. The second-order valence-electron chi connectivity index (χ2n) is 1.94. The van der Waals surface area contributed by atoms with E-state index in [2.05, 4.69) is 22.5 Å². The summed E-state index contributed by atoms with van der Waals surface area (Å²) >= 11 is 3.28. The van der Waals surface area contributed by atoms with Gasteiger partial charge < -0.3 is 4.90 Å². The number of rotatable bonds is 3. The number of halogens is 1. The predicted octanol–water partition coefficient (Wildman–Crippen LogP) is 2.01. The summed E-state index contributed by atoms with van der Waals surface area (Å²) in [6, 6.07) is 0. The van der Waals surface area contributed by atoms with E-state index >= 15 is 0 Å². The van der Waals surface area contributed by atoms with Crippen molar-refractivity contribution in [2.45, 2.75) is 0 Å². The maximum atomic E-state index is 3.81. The maximum absolute atomic E-state index is 3.81. The summed E-state index contributed by atoms with van der Waals surface area (Å²) in [5.41, 5.74) is 1.02. The Morgan fingerprint density at radius 2 is 2.22 bits per heavy atom. The second-order valence-corrected chi connectivity index (χ2v) is 2.59. The molecule has 0 bridgehead atoms. The van der Waals surface area contributed by atoms with Crippen molar-refractivity contribution in [1.29, 1.82) is 0 Å². The van der Waals surface area contributed by atoms with E-state index in [1.165, 1.54) is 0 Å². The molecule has 0 spiro atoms. The van der Waals surface area contributed by atoms with Gasteiger partial charge in [-0.25, -0.2) is 0 Å². The van der Waals surface area contributed by atoms with Gasteiger partial charge in [0.15, 0.2) is 0 Å². The first-order valence-electron chi connectivity index (χ1n) is 2.77. The third-order valence-corrected chi connectivity index (χ3v) is 1.35. The molecule has 0 aliphatic carbocycles. The van der Waals surface area contributed by atoms with Crippen molar-refractivity contribution in [1.82, 2.24) is 4.90 Å². The molecule has 0 saturated carbocycles. The molecule has 0 aliphatic rings. The SMILES string of the molecule is C=C(/C=C/CBr)N(C)C. The second kappa shape index (κ2) is 4.62. The Balaban J connectivity index is 3.63. The molecule has 9 heavy (non-hydrogen) atoms. The van der Waals surface area contributed by atoms with Gasteiger partial charge in [0, 0.05) is 25.1 Å². The minimum Gasteiger partial charge on any atom is -0.378 e. The summed E-state index contributed by atoms with van der Waals surface area (Å²) in [5.74, 6) is 0. The number of hydrogen-bond acceptors (Lipinski definition) is 1. The Hall–Kier alpha value is -0.240. The zero-order valence-corrected chi connectivity index (χ0v) is 7.48. The number of allylic oxidation sites excluding steroid dienone is 2. The van der Waals surface area contributed by atoms with Gasteiger partial charge in [-0.15, -0.1) is 0 Å². The minimum atomic E-state index is 0.889. The van der Waals surface area contributed by atoms with Crippen molar-refractivity contribution >= 4 is 15.9 Å². The molecule has 1 nitrogen and oxygen atoms in total. The van der Waals surface area contributed by atoms with Gasteiger partial charge in [-0.2, -0.15) is 0 Å². The maximum Gasteiger partial charge on any atom is 0.0285 e. The molecule has 0 fully saturated rings. The molecule has 0 aliphatic heterocycles. The van der Waals surface area contributed by atoms with Gasteiger partial charge in [0.05, 0.1) is 0 Å². The lowest BCUT2D eigenvalue weighted by molar-refractivity contribution is 0.532. The van der Waals surface area contributed by atoms with Crippen molar-refractivity contribution in [3.63, 3.8) is 0 Å². The fourth-order valence-corrected chi connectivity index (χ4v) is 0.517. The van der Waals surface area contributed by atoms with Crippen molar-refractivity contribution in [3.05, 3.63) is 24.4 Å². The Morgan fingerprint density at radius 1 is 1.67 bits per heavy atom. The van der Waals surface area contributed by atoms with Gasteiger partial charge in [-0.3, -0.25) is 0 Å². The fraction of sp³-hybridized carbons (Fsp3) is 0.429. The molecule has 0 radical (unpaired) electrons. The molecule has 0 saturated heterocycles. The van der Waals surface area contributed by atoms with Crippen LogP contribution in [0.3, 0.4) is 0 Å². The Labute approximate surface area is 65.2 Å². The van der Waals surface area contributed by atoms with Gasteiger partial charge in [0.2, 0.25) is 0 Å². The van der Waals surface area contributed by atoms with Gasteiger partial charge in [-0.05, 0) is 6.08 Å². The molecule has 0 atom stereocenters. The average molecular weight is 190 g/mol. The van der Waals surface area contributed by atoms with Crippen LogP contribution in [-0.4, -0.2) is 24.3 Å². The topological polar surface area (TPSA) is 3.24 Å². The molecule has 0 rings (SSSR count). The first-order valence-corrected chi connectivity index (χ1v) is 3.89. The van der Waals surface area contributed by atoms with E-state index in [1.54, 1.807) is 0 Å². The van der Waals surface area contributed by atoms with E-state index in [1.807, 2.05) is 31.1 Å². The Bertz CT molecular complexity index is 116. The van der Waals surface area contributed by atoms with Crippen LogP contribution < -0.4 is 0 Å². The highest BCUT2D eigenvalue weighted by Crippen LogP contribution is 1.96. The zero-order valence-electron chi connectivity index (χ0n) is 5.89. The van der Waals surface area contributed by atoms with Gasteiger partial charge in [0.25, 0.3) is 0 Å². The first-order chi connectivity index (χ1) is 4.18. The fourth-order valence-electron chi connectivity index (χ4n) is 0.330. The van der Waals surface area contributed by atoms with Crippen LogP contribution in [0.4, 0.5) is 0 Å². The van der Waals surface area contributed by atoms with E-state index in [9.17, 15) is 0 Å². The summed E-state index contributed by atoms with van der Waals surface area (Å²) in [7, 11) is 3.95. The third-order valence-electron chi connectivity index (χ3n) is 0.974. The zero-order chi connectivity index (χ0) is 7.28. The molecular weight excluding hydrogens is 178 g/mol. The highest BCUT2D eigenvalue weighted by atomic mass is 79.9. The van der Waals surface area contributed by atoms with Crippen LogP contribution in [0.5, 0.6) is 0 Å². The van der Waals surface area contributed by atoms with E-state index in [4.69, 9.17) is 0 Å². The van der Waals surface area contributed by atoms with E-state index < -0.39 is 0 Å². The molecule has 0 unspecified atom stereocenters. The van der Waals surface area contributed by atoms with Gasteiger partial charge in [0.1, 0.15) is 0 Å². The molecule has 0 aromatic carbocycles. The molecule has 2 heteroatoms. The lowest BCUT2D eigenvalue weighted by Crippen LogP contribution is -2.07. The predicted molar refractivity (Wildman–Crippen MR) is 45.8 cm³/mol. The third kappa shape index (κ3) is 4.28. The smallest absolute Gasteiger partial charge is 0.0285 e. The van der Waals surface area contributed by atoms with Crippen LogP contribution in [0.1, 0.15) is 0 Å². The summed E-state index contributed by atoms with van der Waals surface area (Å²) in [4.78, 5) is 1.97. The van der Waals surface area contributed by atoms with Gasteiger partial charge >= 0.3 is 0 Å². The molecule has 0 aromatic heterocycles. The van der Waals surface area contributed by atoms with E-state index in [0.29, 0.717) is 0 Å². The first kappa shape index (κ1) is 8.76. The normalized spacial score (nSPS) is 10.1. The number of nitrogens with zero attached hydrogens (tertiary/aromatic N) is 1. The average Bonchev–Trinajstić information content (AvgIpc) is 1.82. The lowest BCUT2D eigenvalue weighted by Gasteiger charge is -2.10. The van der Waals surface area contributed by atoms with Crippen LogP contribution >= 0.6 is 15.9 Å². The van der Waals surface area contributed by atoms with Crippen LogP contribution in [0.2, 0.25) is 0 Å². The van der Waals surface area contributed by atoms with E-state index in [-0.39, 0.29) is 0 Å². The van der Waals surface area contributed by atoms with Crippen LogP contribution in [0.15, 0.2) is 24.4 Å². The Kier molecular flexibility index (Phi) is 4.50. The van der Waals surface area contributed by atoms with Gasteiger partial charge in [-0.1, -0.05) is 28.6 Å².